The first-order valence-corrected chi connectivity index (χ1v) is 15.7. The summed E-state index contributed by atoms with van der Waals surface area (Å²) >= 11 is 0. The van der Waals surface area contributed by atoms with Crippen molar-refractivity contribution >= 4 is 43.1 Å². The minimum absolute atomic E-state index is 0.150. The van der Waals surface area contributed by atoms with Crippen LogP contribution in [-0.4, -0.2) is 83.3 Å². The molecular weight excluding hydrogens is 554 g/mol. The fourth-order valence-electron chi connectivity index (χ4n) is 4.88. The lowest BCUT2D eigenvalue weighted by Gasteiger charge is -2.34. The number of aromatic nitrogens is 2. The van der Waals surface area contributed by atoms with E-state index >= 15 is 0 Å². The molecule has 0 atom stereocenters. The van der Waals surface area contributed by atoms with Crippen LogP contribution in [-0.2, 0) is 26.5 Å². The highest BCUT2D eigenvalue weighted by molar-refractivity contribution is 7.92. The SMILES string of the molecule is CN(c1ccccc1C(=O)N1CCc2cc(S(=O)(=O)N3CCN(c4cc(C#N)cnn4)CC3)ccc21)S(C)(=O)=O. The normalized spacial score (nSPS) is 15.9. The minimum atomic E-state index is -3.78. The highest BCUT2D eigenvalue weighted by Crippen LogP contribution is 2.34. The van der Waals surface area contributed by atoms with Gasteiger partial charge in [0.2, 0.25) is 20.0 Å². The summed E-state index contributed by atoms with van der Waals surface area (Å²) in [7, 11) is -5.97. The summed E-state index contributed by atoms with van der Waals surface area (Å²) in [4.78, 5) is 17.1. The second-order valence-corrected chi connectivity index (χ2v) is 13.5. The van der Waals surface area contributed by atoms with Crippen LogP contribution in [0.4, 0.5) is 17.2 Å². The third-order valence-electron chi connectivity index (χ3n) is 7.13. The van der Waals surface area contributed by atoms with Gasteiger partial charge in [0.1, 0.15) is 6.07 Å². The number of hydrogen-bond acceptors (Lipinski definition) is 9. The number of sulfonamides is 2. The molecule has 5 rings (SSSR count). The molecule has 0 saturated carbocycles. The first kappa shape index (κ1) is 27.5. The Morgan fingerprint density at radius 3 is 2.42 bits per heavy atom. The Hall–Kier alpha value is -4.06. The molecule has 1 fully saturated rings. The molecule has 1 aromatic heterocycles. The number of anilines is 3. The van der Waals surface area contributed by atoms with Crippen molar-refractivity contribution in [3.63, 3.8) is 0 Å². The third-order valence-corrected chi connectivity index (χ3v) is 10.2. The monoisotopic (exact) mass is 581 g/mol. The predicted molar refractivity (Wildman–Crippen MR) is 149 cm³/mol. The summed E-state index contributed by atoms with van der Waals surface area (Å²) in [5.41, 5.74) is 2.22. The summed E-state index contributed by atoms with van der Waals surface area (Å²) in [5, 5.41) is 17.0. The van der Waals surface area contributed by atoms with Gasteiger partial charge in [-0.2, -0.15) is 14.7 Å². The summed E-state index contributed by atoms with van der Waals surface area (Å²) < 4.78 is 53.7. The first-order valence-electron chi connectivity index (χ1n) is 12.5. The highest BCUT2D eigenvalue weighted by Gasteiger charge is 2.33. The van der Waals surface area contributed by atoms with Gasteiger partial charge in [0.25, 0.3) is 5.91 Å². The van der Waals surface area contributed by atoms with Gasteiger partial charge in [-0.05, 0) is 42.3 Å². The first-order chi connectivity index (χ1) is 19.0. The van der Waals surface area contributed by atoms with Crippen molar-refractivity contribution in [1.82, 2.24) is 14.5 Å². The van der Waals surface area contributed by atoms with E-state index in [1.165, 1.54) is 23.6 Å². The van der Waals surface area contributed by atoms with Crippen molar-refractivity contribution in [2.45, 2.75) is 11.3 Å². The van der Waals surface area contributed by atoms with Gasteiger partial charge in [-0.3, -0.25) is 9.10 Å². The van der Waals surface area contributed by atoms with E-state index in [2.05, 4.69) is 10.2 Å². The number of amides is 1. The Labute approximate surface area is 233 Å². The van der Waals surface area contributed by atoms with E-state index in [4.69, 9.17) is 5.26 Å². The van der Waals surface area contributed by atoms with Gasteiger partial charge in [-0.15, -0.1) is 5.10 Å². The molecule has 3 aromatic rings. The molecule has 1 saturated heterocycles. The summed E-state index contributed by atoms with van der Waals surface area (Å²) in [6.07, 6.45) is 2.91. The molecule has 0 aliphatic carbocycles. The lowest BCUT2D eigenvalue weighted by molar-refractivity contribution is 0.0990. The van der Waals surface area contributed by atoms with Crippen LogP contribution in [0.15, 0.2) is 59.6 Å². The number of carbonyl (C=O) groups is 1. The number of para-hydroxylation sites is 1. The molecule has 0 N–H and O–H groups in total. The van der Waals surface area contributed by atoms with Crippen LogP contribution >= 0.6 is 0 Å². The van der Waals surface area contributed by atoms with Crippen molar-refractivity contribution in [2.75, 3.05) is 60.1 Å². The molecule has 0 unspecified atom stereocenters. The van der Waals surface area contributed by atoms with Crippen molar-refractivity contribution in [1.29, 1.82) is 5.26 Å². The molecule has 2 aliphatic rings. The van der Waals surface area contributed by atoms with E-state index < -0.39 is 20.0 Å². The maximum Gasteiger partial charge on any atom is 0.260 e. The molecule has 40 heavy (non-hydrogen) atoms. The number of hydrogen-bond donors (Lipinski definition) is 0. The minimum Gasteiger partial charge on any atom is -0.352 e. The topological polar surface area (TPSA) is 148 Å². The van der Waals surface area contributed by atoms with Gasteiger partial charge in [-0.1, -0.05) is 12.1 Å². The number of carbonyl (C=O) groups excluding carboxylic acids is 1. The fourth-order valence-corrected chi connectivity index (χ4v) is 6.87. The Kier molecular flexibility index (Phi) is 7.21. The van der Waals surface area contributed by atoms with Gasteiger partial charge < -0.3 is 9.80 Å². The summed E-state index contributed by atoms with van der Waals surface area (Å²) in [6, 6.07) is 14.9. The Morgan fingerprint density at radius 1 is 1.00 bits per heavy atom. The van der Waals surface area contributed by atoms with Gasteiger partial charge in [0, 0.05) is 51.5 Å². The molecule has 2 aromatic carbocycles. The lowest BCUT2D eigenvalue weighted by Crippen LogP contribution is -2.49. The zero-order valence-electron chi connectivity index (χ0n) is 21.9. The highest BCUT2D eigenvalue weighted by atomic mass is 32.2. The Morgan fingerprint density at radius 2 is 1.73 bits per heavy atom. The van der Waals surface area contributed by atoms with Crippen LogP contribution in [0.25, 0.3) is 0 Å². The van der Waals surface area contributed by atoms with Crippen LogP contribution in [0.3, 0.4) is 0 Å². The third kappa shape index (κ3) is 5.10. The zero-order valence-corrected chi connectivity index (χ0v) is 23.6. The van der Waals surface area contributed by atoms with Crippen molar-refractivity contribution in [3.05, 3.63) is 71.4 Å². The molecule has 208 valence electrons. The number of rotatable bonds is 6. The molecule has 0 bridgehead atoms. The van der Waals surface area contributed by atoms with E-state index in [0.29, 0.717) is 43.1 Å². The molecule has 2 aliphatic heterocycles. The number of benzene rings is 2. The number of nitriles is 1. The van der Waals surface area contributed by atoms with E-state index in [0.717, 1.165) is 16.1 Å². The number of fused-ring (bicyclic) bond motifs is 1. The van der Waals surface area contributed by atoms with Crippen LogP contribution in [0.1, 0.15) is 21.5 Å². The number of piperazine rings is 1. The molecule has 0 radical (unpaired) electrons. The van der Waals surface area contributed by atoms with E-state index in [9.17, 15) is 21.6 Å². The maximum absolute atomic E-state index is 13.5. The largest absolute Gasteiger partial charge is 0.352 e. The van der Waals surface area contributed by atoms with E-state index in [-0.39, 0.29) is 35.1 Å². The fraction of sp³-hybridized carbons (Fsp3) is 0.308. The molecular formula is C26H27N7O5S2. The Balaban J connectivity index is 1.34. The second kappa shape index (κ2) is 10.5. The van der Waals surface area contributed by atoms with Gasteiger partial charge in [0.15, 0.2) is 5.82 Å². The summed E-state index contributed by atoms with van der Waals surface area (Å²) in [5.74, 6) is 0.169. The average Bonchev–Trinajstić information content (AvgIpc) is 3.39. The molecule has 14 heteroatoms. The molecule has 12 nitrogen and oxygen atoms in total. The molecule has 1 amide bonds. The molecule has 3 heterocycles. The van der Waals surface area contributed by atoms with Crippen LogP contribution in [0, 0.1) is 11.3 Å². The van der Waals surface area contributed by atoms with Crippen LogP contribution < -0.4 is 14.1 Å². The smallest absolute Gasteiger partial charge is 0.260 e. The van der Waals surface area contributed by atoms with Crippen molar-refractivity contribution < 1.29 is 21.6 Å². The predicted octanol–water partition coefficient (Wildman–Crippen LogP) is 1.46. The lowest BCUT2D eigenvalue weighted by atomic mass is 10.1. The standard InChI is InChI=1S/C26H27N7O5S2/c1-30(39(2,35)36)24-6-4-3-5-22(24)26(34)33-10-9-20-16-21(7-8-23(20)33)40(37,38)32-13-11-31(12-14-32)25-15-19(17-27)18-28-29-25/h3-8,15-16,18H,9-14H2,1-2H3. The van der Waals surface area contributed by atoms with E-state index in [1.807, 2.05) is 11.0 Å². The van der Waals surface area contributed by atoms with Crippen molar-refractivity contribution in [3.8, 4) is 6.07 Å². The zero-order chi connectivity index (χ0) is 28.7. The van der Waals surface area contributed by atoms with Crippen LogP contribution in [0.2, 0.25) is 0 Å². The molecule has 0 spiro atoms. The van der Waals surface area contributed by atoms with Gasteiger partial charge >= 0.3 is 0 Å². The van der Waals surface area contributed by atoms with Gasteiger partial charge in [-0.25, -0.2) is 16.8 Å². The van der Waals surface area contributed by atoms with Crippen molar-refractivity contribution in [2.24, 2.45) is 0 Å². The van der Waals surface area contributed by atoms with Crippen LogP contribution in [0.5, 0.6) is 0 Å². The second-order valence-electron chi connectivity index (χ2n) is 9.55. The maximum atomic E-state index is 13.5. The number of nitrogens with zero attached hydrogens (tertiary/aromatic N) is 7. The Bertz CT molecular complexity index is 1730. The summed E-state index contributed by atoms with van der Waals surface area (Å²) in [6.45, 7) is 1.63. The van der Waals surface area contributed by atoms with Gasteiger partial charge in [0.05, 0.1) is 34.2 Å². The quantitative estimate of drug-likeness (QED) is 0.422. The van der Waals surface area contributed by atoms with E-state index in [1.54, 1.807) is 47.4 Å². The average molecular weight is 582 g/mol.